The second-order valence-electron chi connectivity index (χ2n) is 9.73. The van der Waals surface area contributed by atoms with Crippen molar-refractivity contribution in [2.24, 2.45) is 4.99 Å². The molecule has 1 aliphatic heterocycles. The number of ether oxygens (including phenoxy) is 4. The summed E-state index contributed by atoms with van der Waals surface area (Å²) in [6.07, 6.45) is 1.84. The van der Waals surface area contributed by atoms with Crippen LogP contribution in [0.4, 0.5) is 0 Å². The van der Waals surface area contributed by atoms with Crippen LogP contribution in [0.1, 0.15) is 43.5 Å². The highest BCUT2D eigenvalue weighted by atomic mass is 127. The van der Waals surface area contributed by atoms with Gasteiger partial charge in [-0.25, -0.2) is 9.79 Å². The number of nitrogens with zero attached hydrogens (tertiary/aromatic N) is 2. The topological polar surface area (TPSA) is 88.4 Å². The van der Waals surface area contributed by atoms with Gasteiger partial charge in [0.25, 0.3) is 5.56 Å². The molecule has 0 saturated carbocycles. The minimum Gasteiger partial charge on any atom is -0.493 e. The molecule has 1 aliphatic rings. The van der Waals surface area contributed by atoms with Gasteiger partial charge in [0.15, 0.2) is 16.3 Å². The van der Waals surface area contributed by atoms with Crippen LogP contribution in [0.25, 0.3) is 6.08 Å². The quantitative estimate of drug-likeness (QED) is 0.144. The molecule has 4 aromatic rings. The number of aromatic nitrogens is 1. The lowest BCUT2D eigenvalue weighted by atomic mass is 9.95. The van der Waals surface area contributed by atoms with E-state index < -0.39 is 12.0 Å². The molecule has 2 heterocycles. The highest BCUT2D eigenvalue weighted by Gasteiger charge is 2.34. The Hall–Kier alpha value is -3.17. The van der Waals surface area contributed by atoms with E-state index >= 15 is 0 Å². The first-order chi connectivity index (χ1) is 21.2. The number of fused-ring (bicyclic) bond motifs is 1. The van der Waals surface area contributed by atoms with Crippen LogP contribution in [0.5, 0.6) is 17.2 Å². The van der Waals surface area contributed by atoms with Gasteiger partial charge in [-0.2, -0.15) is 0 Å². The first-order valence-corrected chi connectivity index (χ1v) is 16.9. The lowest BCUT2D eigenvalue weighted by Gasteiger charge is -2.25. The van der Waals surface area contributed by atoms with Gasteiger partial charge in [-0.15, -0.1) is 0 Å². The van der Waals surface area contributed by atoms with Gasteiger partial charge in [0.1, 0.15) is 12.4 Å². The predicted molar refractivity (Wildman–Crippen MR) is 187 cm³/mol. The summed E-state index contributed by atoms with van der Waals surface area (Å²) in [6, 6.07) is 18.6. The highest BCUT2D eigenvalue weighted by Crippen LogP contribution is 2.36. The molecule has 5 rings (SSSR count). The molecule has 228 valence electrons. The van der Waals surface area contributed by atoms with Crippen LogP contribution in [0.2, 0.25) is 0 Å². The predicted octanol–water partition coefficient (Wildman–Crippen LogP) is 5.99. The number of esters is 1. The molecule has 0 radical (unpaired) electrons. The molecule has 8 nitrogen and oxygen atoms in total. The Labute approximate surface area is 286 Å². The Morgan fingerprint density at radius 3 is 2.50 bits per heavy atom. The molecule has 1 atom stereocenters. The lowest BCUT2D eigenvalue weighted by molar-refractivity contribution is -0.139. The number of carbonyl (C=O) groups excluding carboxylic acids is 1. The number of halogens is 2. The number of hydrogen-bond donors (Lipinski definition) is 0. The summed E-state index contributed by atoms with van der Waals surface area (Å²) in [6.45, 7) is 6.40. The van der Waals surface area contributed by atoms with Gasteiger partial charge in [0, 0.05) is 9.13 Å². The Bertz CT molecular complexity index is 1920. The van der Waals surface area contributed by atoms with Crippen molar-refractivity contribution in [1.29, 1.82) is 0 Å². The fourth-order valence-corrected chi connectivity index (χ4v) is 8.03. The van der Waals surface area contributed by atoms with E-state index in [1.807, 2.05) is 61.5 Å². The third kappa shape index (κ3) is 6.74. The normalized spacial score (nSPS) is 14.6. The summed E-state index contributed by atoms with van der Waals surface area (Å²) in [5.41, 5.74) is 3.02. The van der Waals surface area contributed by atoms with Crippen LogP contribution in [-0.2, 0) is 16.1 Å². The zero-order valence-corrected chi connectivity index (χ0v) is 29.7. The summed E-state index contributed by atoms with van der Waals surface area (Å²) >= 11 is 5.79. The summed E-state index contributed by atoms with van der Waals surface area (Å²) in [7, 11) is 1.57. The molecule has 0 saturated heterocycles. The average Bonchev–Trinajstić information content (AvgIpc) is 3.30. The van der Waals surface area contributed by atoms with Crippen molar-refractivity contribution in [3.8, 4) is 17.2 Å². The molecular formula is C33H30I2N2O6S. The van der Waals surface area contributed by atoms with E-state index in [-0.39, 0.29) is 12.2 Å². The largest absolute Gasteiger partial charge is 0.493 e. The maximum absolute atomic E-state index is 14.2. The highest BCUT2D eigenvalue weighted by molar-refractivity contribution is 14.1. The number of allylic oxidation sites excluding steroid dienone is 1. The molecule has 0 amide bonds. The van der Waals surface area contributed by atoms with Gasteiger partial charge in [0.05, 0.1) is 45.7 Å². The number of benzene rings is 3. The van der Waals surface area contributed by atoms with Crippen molar-refractivity contribution in [3.05, 3.63) is 115 Å². The zero-order chi connectivity index (χ0) is 31.4. The van der Waals surface area contributed by atoms with E-state index in [1.165, 1.54) is 11.3 Å². The third-order valence-corrected chi connectivity index (χ3v) is 9.28. The Morgan fingerprint density at radius 2 is 1.80 bits per heavy atom. The van der Waals surface area contributed by atoms with Crippen molar-refractivity contribution in [2.45, 2.75) is 33.4 Å². The van der Waals surface area contributed by atoms with Crippen molar-refractivity contribution in [3.63, 3.8) is 0 Å². The van der Waals surface area contributed by atoms with Crippen LogP contribution in [0, 0.1) is 7.14 Å². The van der Waals surface area contributed by atoms with E-state index in [9.17, 15) is 9.59 Å². The molecule has 0 aliphatic carbocycles. The van der Waals surface area contributed by atoms with Gasteiger partial charge in [-0.3, -0.25) is 9.36 Å². The maximum Gasteiger partial charge on any atom is 0.338 e. The second kappa shape index (κ2) is 14.3. The van der Waals surface area contributed by atoms with E-state index in [0.717, 1.165) is 18.3 Å². The summed E-state index contributed by atoms with van der Waals surface area (Å²) in [5.74, 6) is 1.24. The van der Waals surface area contributed by atoms with E-state index in [4.69, 9.17) is 23.9 Å². The van der Waals surface area contributed by atoms with Gasteiger partial charge >= 0.3 is 5.97 Å². The van der Waals surface area contributed by atoms with Crippen molar-refractivity contribution >= 4 is 68.6 Å². The maximum atomic E-state index is 14.2. The Kier molecular flexibility index (Phi) is 10.5. The first kappa shape index (κ1) is 32.2. The molecule has 3 aromatic carbocycles. The molecule has 0 fully saturated rings. The standard InChI is InChI=1S/C33H30I2N2O6S/c1-5-41-26-15-21(12-13-25(26)40-4)29-28(32(39)42-6-2)19(3)36-33-37(29)31(38)27(44-33)16-22-14-23(34)17-24(35)30(22)43-18-20-10-8-7-9-11-20/h7-17,29H,5-6,18H2,1-4H3/b27-16-/t29-/m1/s1. The average molecular weight is 836 g/mol. The second-order valence-corrected chi connectivity index (χ2v) is 13.1. The summed E-state index contributed by atoms with van der Waals surface area (Å²) in [4.78, 5) is 32.7. The number of hydrogen-bond acceptors (Lipinski definition) is 8. The zero-order valence-electron chi connectivity index (χ0n) is 24.6. The molecular weight excluding hydrogens is 806 g/mol. The smallest absolute Gasteiger partial charge is 0.338 e. The van der Waals surface area contributed by atoms with E-state index in [1.54, 1.807) is 37.7 Å². The monoisotopic (exact) mass is 836 g/mol. The molecule has 44 heavy (non-hydrogen) atoms. The molecule has 0 spiro atoms. The SMILES string of the molecule is CCOC(=O)C1=C(C)N=c2s/c(=C\c3cc(I)cc(I)c3OCc3ccccc3)c(=O)n2[C@@H]1c1ccc(OC)c(OCC)c1. The first-order valence-electron chi connectivity index (χ1n) is 13.9. The minimum absolute atomic E-state index is 0.191. The minimum atomic E-state index is -0.776. The molecule has 0 N–H and O–H groups in total. The number of rotatable bonds is 10. The van der Waals surface area contributed by atoms with Crippen LogP contribution >= 0.6 is 56.5 Å². The third-order valence-electron chi connectivity index (χ3n) is 6.87. The van der Waals surface area contributed by atoms with E-state index in [0.29, 0.717) is 56.6 Å². The summed E-state index contributed by atoms with van der Waals surface area (Å²) in [5, 5.41) is 0. The fourth-order valence-electron chi connectivity index (χ4n) is 4.95. The Balaban J connectivity index is 1.68. The van der Waals surface area contributed by atoms with Crippen molar-refractivity contribution in [1.82, 2.24) is 4.57 Å². The van der Waals surface area contributed by atoms with Crippen LogP contribution in [0.15, 0.2) is 81.7 Å². The van der Waals surface area contributed by atoms with Crippen molar-refractivity contribution < 1.29 is 23.7 Å². The molecule has 0 unspecified atom stereocenters. The van der Waals surface area contributed by atoms with Gasteiger partial charge in [0.2, 0.25) is 0 Å². The molecule has 0 bridgehead atoms. The van der Waals surface area contributed by atoms with Gasteiger partial charge < -0.3 is 18.9 Å². The van der Waals surface area contributed by atoms with Gasteiger partial charge in [-0.05, 0) is 107 Å². The number of thiazole rings is 1. The van der Waals surface area contributed by atoms with Crippen LogP contribution in [0.3, 0.4) is 0 Å². The number of carbonyl (C=O) groups is 1. The lowest BCUT2D eigenvalue weighted by Crippen LogP contribution is -2.40. The molecule has 1 aromatic heterocycles. The van der Waals surface area contributed by atoms with Crippen LogP contribution < -0.4 is 29.1 Å². The van der Waals surface area contributed by atoms with Crippen molar-refractivity contribution in [2.75, 3.05) is 20.3 Å². The molecule has 11 heteroatoms. The fraction of sp³-hybridized carbons (Fsp3) is 0.242. The Morgan fingerprint density at radius 1 is 1.02 bits per heavy atom. The van der Waals surface area contributed by atoms with Gasteiger partial charge in [-0.1, -0.05) is 47.7 Å². The summed E-state index contributed by atoms with van der Waals surface area (Å²) < 4.78 is 27.0. The number of methoxy groups -OCH3 is 1. The van der Waals surface area contributed by atoms with E-state index in [2.05, 4.69) is 45.2 Å². The van der Waals surface area contributed by atoms with Crippen LogP contribution in [-0.4, -0.2) is 30.9 Å².